The van der Waals surface area contributed by atoms with Crippen LogP contribution in [-0.4, -0.2) is 24.7 Å². The van der Waals surface area contributed by atoms with Crippen molar-refractivity contribution < 1.29 is 19.4 Å². The Morgan fingerprint density at radius 2 is 1.87 bits per heavy atom. The van der Waals surface area contributed by atoms with Gasteiger partial charge in [-0.3, -0.25) is 4.79 Å². The van der Waals surface area contributed by atoms with Gasteiger partial charge in [0.15, 0.2) is 6.61 Å². The van der Waals surface area contributed by atoms with Gasteiger partial charge in [0, 0.05) is 16.1 Å². The summed E-state index contributed by atoms with van der Waals surface area (Å²) in [6.45, 7) is -0.235. The molecule has 0 saturated carbocycles. The van der Waals surface area contributed by atoms with E-state index < -0.39 is 11.9 Å². The van der Waals surface area contributed by atoms with Gasteiger partial charge in [-0.05, 0) is 24.3 Å². The number of rotatable bonds is 6. The van der Waals surface area contributed by atoms with E-state index in [0.29, 0.717) is 16.3 Å². The molecule has 0 aliphatic carbocycles. The fourth-order valence-electron chi connectivity index (χ4n) is 1.68. The first-order valence-electron chi connectivity index (χ1n) is 6.57. The van der Waals surface area contributed by atoms with Crippen molar-refractivity contribution in [1.29, 1.82) is 0 Å². The fraction of sp³-hybridized carbons (Fsp3) is 0.0625. The predicted molar refractivity (Wildman–Crippen MR) is 83.5 cm³/mol. The molecule has 7 heteroatoms. The van der Waals surface area contributed by atoms with Crippen LogP contribution >= 0.6 is 11.6 Å². The maximum atomic E-state index is 11.6. The molecule has 0 aromatic heterocycles. The first kappa shape index (κ1) is 16.5. The maximum Gasteiger partial charge on any atom is 0.277 e. The number of nitrogens with one attached hydrogen (secondary N) is 1. The van der Waals surface area contributed by atoms with E-state index >= 15 is 0 Å². The lowest BCUT2D eigenvalue weighted by molar-refractivity contribution is -0.255. The lowest BCUT2D eigenvalue weighted by Crippen LogP contribution is -2.25. The summed E-state index contributed by atoms with van der Waals surface area (Å²) in [7, 11) is 0. The number of amides is 1. The molecule has 0 unspecified atom stereocenters. The highest BCUT2D eigenvalue weighted by Gasteiger charge is 2.02. The number of hydrogen-bond acceptors (Lipinski definition) is 5. The molecule has 118 valence electrons. The predicted octanol–water partition coefficient (Wildman–Crippen LogP) is 1.23. The Kier molecular flexibility index (Phi) is 5.71. The van der Waals surface area contributed by atoms with E-state index in [1.54, 1.807) is 42.5 Å². The van der Waals surface area contributed by atoms with E-state index in [2.05, 4.69) is 10.5 Å². The standard InChI is InChI=1S/C16H13ClN2O4/c17-12-5-7-13(8-6-12)23-10-15(20)19-18-9-11-3-1-2-4-14(11)16(21)22/h1-9H,10H2,(H,19,20)(H,21,22)/p-1/b18-9-. The summed E-state index contributed by atoms with van der Waals surface area (Å²) < 4.78 is 5.24. The second-order valence-corrected chi connectivity index (χ2v) is 4.85. The maximum absolute atomic E-state index is 11.6. The molecule has 0 atom stereocenters. The SMILES string of the molecule is O=C(COc1ccc(Cl)cc1)N/N=C\c1ccccc1C(=O)[O-]. The number of halogens is 1. The van der Waals surface area contributed by atoms with Crippen molar-refractivity contribution in [3.05, 3.63) is 64.7 Å². The number of carbonyl (C=O) groups excluding carboxylic acids is 2. The molecule has 1 N–H and O–H groups in total. The van der Waals surface area contributed by atoms with Crippen molar-refractivity contribution in [1.82, 2.24) is 5.43 Å². The van der Waals surface area contributed by atoms with Gasteiger partial charge >= 0.3 is 0 Å². The van der Waals surface area contributed by atoms with E-state index in [0.717, 1.165) is 0 Å². The Labute approximate surface area is 137 Å². The van der Waals surface area contributed by atoms with Gasteiger partial charge in [0.05, 0.1) is 12.2 Å². The molecule has 0 aliphatic heterocycles. The third kappa shape index (κ3) is 5.12. The molecule has 6 nitrogen and oxygen atoms in total. The Bertz CT molecular complexity index is 729. The van der Waals surface area contributed by atoms with Gasteiger partial charge in [-0.1, -0.05) is 35.9 Å². The van der Waals surface area contributed by atoms with Crippen LogP contribution in [0.25, 0.3) is 0 Å². The molecule has 0 radical (unpaired) electrons. The number of aromatic carboxylic acids is 1. The molecule has 2 rings (SSSR count). The topological polar surface area (TPSA) is 90.8 Å². The number of nitrogens with zero attached hydrogens (tertiary/aromatic N) is 1. The average molecular weight is 332 g/mol. The zero-order valence-corrected chi connectivity index (χ0v) is 12.6. The van der Waals surface area contributed by atoms with Gasteiger partial charge in [-0.2, -0.15) is 5.10 Å². The Morgan fingerprint density at radius 3 is 2.57 bits per heavy atom. The highest BCUT2D eigenvalue weighted by atomic mass is 35.5. The van der Waals surface area contributed by atoms with Crippen LogP contribution in [0, 0.1) is 0 Å². The van der Waals surface area contributed by atoms with Gasteiger partial charge in [0.1, 0.15) is 5.75 Å². The summed E-state index contributed by atoms with van der Waals surface area (Å²) in [5.74, 6) is -1.30. The van der Waals surface area contributed by atoms with Crippen molar-refractivity contribution in [3.63, 3.8) is 0 Å². The molecular weight excluding hydrogens is 320 g/mol. The Morgan fingerprint density at radius 1 is 1.17 bits per heavy atom. The Balaban J connectivity index is 1.87. The first-order valence-corrected chi connectivity index (χ1v) is 6.94. The highest BCUT2D eigenvalue weighted by Crippen LogP contribution is 2.15. The van der Waals surface area contributed by atoms with Gasteiger partial charge in [0.25, 0.3) is 5.91 Å². The zero-order chi connectivity index (χ0) is 16.7. The largest absolute Gasteiger partial charge is 0.545 e. The molecule has 0 heterocycles. The average Bonchev–Trinajstić information content (AvgIpc) is 2.54. The van der Waals surface area contributed by atoms with E-state index in [1.807, 2.05) is 0 Å². The quantitative estimate of drug-likeness (QED) is 0.636. The monoisotopic (exact) mass is 331 g/mol. The van der Waals surface area contributed by atoms with Crippen LogP contribution in [0.1, 0.15) is 15.9 Å². The van der Waals surface area contributed by atoms with Crippen molar-refractivity contribution >= 4 is 29.7 Å². The minimum atomic E-state index is -1.32. The van der Waals surface area contributed by atoms with Crippen LogP contribution in [0.5, 0.6) is 5.75 Å². The first-order chi connectivity index (χ1) is 11.1. The summed E-state index contributed by atoms with van der Waals surface area (Å²) in [5.41, 5.74) is 2.56. The number of carboxylic acid groups (broad SMARTS) is 1. The second kappa shape index (κ2) is 7.95. The third-order valence-corrected chi connectivity index (χ3v) is 3.01. The number of carbonyl (C=O) groups is 2. The van der Waals surface area contributed by atoms with Gasteiger partial charge in [-0.15, -0.1) is 0 Å². The molecule has 2 aromatic carbocycles. The summed E-state index contributed by atoms with van der Waals surface area (Å²) in [5, 5.41) is 15.2. The number of carboxylic acids is 1. The number of benzene rings is 2. The number of ether oxygens (including phenoxy) is 1. The lowest BCUT2D eigenvalue weighted by atomic mass is 10.1. The molecule has 23 heavy (non-hydrogen) atoms. The minimum Gasteiger partial charge on any atom is -0.545 e. The highest BCUT2D eigenvalue weighted by molar-refractivity contribution is 6.30. The van der Waals surface area contributed by atoms with Crippen LogP contribution in [0.15, 0.2) is 53.6 Å². The molecule has 0 saturated heterocycles. The normalized spacial score (nSPS) is 10.5. The van der Waals surface area contributed by atoms with Crippen LogP contribution in [0.4, 0.5) is 0 Å². The zero-order valence-electron chi connectivity index (χ0n) is 11.9. The van der Waals surface area contributed by atoms with Gasteiger partial charge in [-0.25, -0.2) is 5.43 Å². The van der Waals surface area contributed by atoms with Crippen molar-refractivity contribution in [2.75, 3.05) is 6.61 Å². The van der Waals surface area contributed by atoms with Crippen LogP contribution < -0.4 is 15.3 Å². The van der Waals surface area contributed by atoms with Crippen molar-refractivity contribution in [2.45, 2.75) is 0 Å². The van der Waals surface area contributed by atoms with Crippen molar-refractivity contribution in [2.24, 2.45) is 5.10 Å². The molecule has 0 spiro atoms. The van der Waals surface area contributed by atoms with Crippen LogP contribution in [0.3, 0.4) is 0 Å². The minimum absolute atomic E-state index is 0.0112. The van der Waals surface area contributed by atoms with E-state index in [-0.39, 0.29) is 12.2 Å². The number of hydrazone groups is 1. The summed E-state index contributed by atoms with van der Waals surface area (Å²) >= 11 is 5.74. The molecular formula is C16H12ClN2O4-. The van der Waals surface area contributed by atoms with E-state index in [9.17, 15) is 14.7 Å². The van der Waals surface area contributed by atoms with Crippen LogP contribution in [-0.2, 0) is 4.79 Å². The molecule has 0 aliphatic rings. The van der Waals surface area contributed by atoms with E-state index in [1.165, 1.54) is 12.3 Å². The van der Waals surface area contributed by atoms with Gasteiger partial charge < -0.3 is 14.6 Å². The van der Waals surface area contributed by atoms with Crippen molar-refractivity contribution in [3.8, 4) is 5.75 Å². The summed E-state index contributed by atoms with van der Waals surface area (Å²) in [6, 6.07) is 12.7. The van der Waals surface area contributed by atoms with E-state index in [4.69, 9.17) is 16.3 Å². The lowest BCUT2D eigenvalue weighted by Gasteiger charge is -2.06. The molecule has 1 amide bonds. The Hall–Kier alpha value is -2.86. The number of hydrogen-bond donors (Lipinski definition) is 1. The molecule has 2 aromatic rings. The summed E-state index contributed by atoms with van der Waals surface area (Å²) in [4.78, 5) is 22.5. The molecule has 0 fully saturated rings. The summed E-state index contributed by atoms with van der Waals surface area (Å²) in [6.07, 6.45) is 1.23. The smallest absolute Gasteiger partial charge is 0.277 e. The van der Waals surface area contributed by atoms with Crippen LogP contribution in [0.2, 0.25) is 5.02 Å². The van der Waals surface area contributed by atoms with Gasteiger partial charge in [0.2, 0.25) is 0 Å². The molecule has 0 bridgehead atoms. The second-order valence-electron chi connectivity index (χ2n) is 4.41. The fourth-order valence-corrected chi connectivity index (χ4v) is 1.81. The third-order valence-electron chi connectivity index (χ3n) is 2.76.